The second-order valence-electron chi connectivity index (χ2n) is 7.25. The van der Waals surface area contributed by atoms with Crippen LogP contribution in [0.2, 0.25) is 15.1 Å². The minimum Gasteiger partial charge on any atom is -0.335 e. The van der Waals surface area contributed by atoms with Crippen molar-refractivity contribution in [2.24, 2.45) is 4.99 Å². The van der Waals surface area contributed by atoms with Crippen LogP contribution in [0, 0.1) is 0 Å². The van der Waals surface area contributed by atoms with E-state index in [0.717, 1.165) is 0 Å². The summed E-state index contributed by atoms with van der Waals surface area (Å²) in [5, 5.41) is 3.84. The predicted octanol–water partition coefficient (Wildman–Crippen LogP) is 5.38. The van der Waals surface area contributed by atoms with E-state index in [2.05, 4.69) is 15.0 Å². The Morgan fingerprint density at radius 1 is 1.09 bits per heavy atom. The number of hydrogen-bond donors (Lipinski definition) is 2. The minimum atomic E-state index is -3.67. The Balaban J connectivity index is 2.05. The zero-order chi connectivity index (χ0) is 23.3. The second-order valence-corrected chi connectivity index (χ2v) is 10.8. The molecule has 0 radical (unpaired) electrons. The van der Waals surface area contributed by atoms with E-state index in [-0.39, 0.29) is 5.96 Å². The summed E-state index contributed by atoms with van der Waals surface area (Å²) < 4.78 is 29.6. The number of aromatic nitrogens is 2. The fourth-order valence-corrected chi connectivity index (χ4v) is 4.01. The summed E-state index contributed by atoms with van der Waals surface area (Å²) in [7, 11) is -3.67. The molecule has 2 aromatic carbocycles. The third kappa shape index (κ3) is 6.62. The van der Waals surface area contributed by atoms with E-state index in [0.29, 0.717) is 32.9 Å². The van der Waals surface area contributed by atoms with Crippen molar-refractivity contribution >= 4 is 56.5 Å². The van der Waals surface area contributed by atoms with E-state index in [4.69, 9.17) is 39.8 Å². The van der Waals surface area contributed by atoms with Gasteiger partial charge in [0.15, 0.2) is 0 Å². The first-order valence-corrected chi connectivity index (χ1v) is 12.3. The van der Waals surface area contributed by atoms with Crippen molar-refractivity contribution in [3.05, 3.63) is 81.8 Å². The maximum absolute atomic E-state index is 12.6. The molecule has 0 aliphatic heterocycles. The van der Waals surface area contributed by atoms with Crippen LogP contribution >= 0.6 is 34.8 Å². The zero-order valence-electron chi connectivity index (χ0n) is 17.3. The zero-order valence-corrected chi connectivity index (χ0v) is 20.4. The topological polar surface area (TPSA) is 88.4 Å². The number of nitrogens with one attached hydrogen (secondary N) is 2. The number of aliphatic imine (C=N–C) groups is 1. The summed E-state index contributed by atoms with van der Waals surface area (Å²) in [6.07, 6.45) is 5.09. The molecular formula is C21H22Cl3N5O2S. The SMILES string of the molecule is CC(C)S(=O)(=O)NC(=NC(Cn1ccnc1)c1ccc(Cl)cc1Cl)Nc1ccc(Cl)cc1. The first-order chi connectivity index (χ1) is 15.1. The van der Waals surface area contributed by atoms with Crippen molar-refractivity contribution in [2.75, 3.05) is 5.32 Å². The molecule has 170 valence electrons. The fraction of sp³-hybridized carbons (Fsp3) is 0.238. The molecule has 0 amide bonds. The van der Waals surface area contributed by atoms with Gasteiger partial charge in [0.05, 0.1) is 24.2 Å². The summed E-state index contributed by atoms with van der Waals surface area (Å²) in [5.41, 5.74) is 1.30. The monoisotopic (exact) mass is 513 g/mol. The average molecular weight is 515 g/mol. The average Bonchev–Trinajstić information content (AvgIpc) is 3.22. The van der Waals surface area contributed by atoms with Gasteiger partial charge in [0.1, 0.15) is 0 Å². The minimum absolute atomic E-state index is 0.0529. The molecule has 0 saturated carbocycles. The van der Waals surface area contributed by atoms with Crippen LogP contribution in [0.1, 0.15) is 25.5 Å². The molecule has 0 aliphatic rings. The number of nitrogens with zero attached hydrogens (tertiary/aromatic N) is 3. The Hall–Kier alpha value is -2.26. The number of imidazole rings is 1. The maximum Gasteiger partial charge on any atom is 0.237 e. The largest absolute Gasteiger partial charge is 0.335 e. The van der Waals surface area contributed by atoms with Crippen LogP contribution in [0.5, 0.6) is 0 Å². The van der Waals surface area contributed by atoms with Gasteiger partial charge in [0.25, 0.3) is 0 Å². The van der Waals surface area contributed by atoms with E-state index in [1.807, 2.05) is 4.57 Å². The van der Waals surface area contributed by atoms with Crippen molar-refractivity contribution in [3.63, 3.8) is 0 Å². The number of hydrogen-bond acceptors (Lipinski definition) is 4. The van der Waals surface area contributed by atoms with Gasteiger partial charge in [-0.25, -0.2) is 18.4 Å². The van der Waals surface area contributed by atoms with Crippen LogP contribution in [-0.2, 0) is 16.6 Å². The van der Waals surface area contributed by atoms with Crippen molar-refractivity contribution in [3.8, 4) is 0 Å². The Kier molecular flexibility index (Phi) is 8.05. The molecule has 0 aliphatic carbocycles. The first kappa shape index (κ1) is 24.4. The van der Waals surface area contributed by atoms with Crippen LogP contribution in [0.25, 0.3) is 0 Å². The van der Waals surface area contributed by atoms with Gasteiger partial charge in [0, 0.05) is 33.1 Å². The van der Waals surface area contributed by atoms with Crippen LogP contribution in [0.4, 0.5) is 5.69 Å². The molecule has 11 heteroatoms. The maximum atomic E-state index is 12.6. The molecule has 2 N–H and O–H groups in total. The fourth-order valence-electron chi connectivity index (χ4n) is 2.74. The Bertz CT molecular complexity index is 1180. The standard InChI is InChI=1S/C21H22Cl3N5O2S/c1-14(2)32(30,31)28-21(26-17-6-3-15(22)4-7-17)27-20(12-29-10-9-25-13-29)18-8-5-16(23)11-19(18)24/h3-11,13-14,20H,12H2,1-2H3,(H2,26,27,28). The number of guanidine groups is 1. The summed E-state index contributed by atoms with van der Waals surface area (Å²) in [5.74, 6) is 0.0529. The molecule has 0 saturated heterocycles. The van der Waals surface area contributed by atoms with Gasteiger partial charge in [-0.05, 0) is 55.8 Å². The highest BCUT2D eigenvalue weighted by Crippen LogP contribution is 2.30. The van der Waals surface area contributed by atoms with Gasteiger partial charge in [0.2, 0.25) is 16.0 Å². The van der Waals surface area contributed by atoms with Crippen molar-refractivity contribution in [2.45, 2.75) is 31.7 Å². The molecule has 3 aromatic rings. The van der Waals surface area contributed by atoms with Gasteiger partial charge in [-0.2, -0.15) is 0 Å². The Labute approximate surface area is 202 Å². The number of anilines is 1. The lowest BCUT2D eigenvalue weighted by molar-refractivity contribution is 0.573. The summed E-state index contributed by atoms with van der Waals surface area (Å²) in [4.78, 5) is 8.77. The molecule has 1 atom stereocenters. The number of rotatable bonds is 7. The molecule has 0 bridgehead atoms. The molecule has 3 rings (SSSR count). The molecule has 1 aromatic heterocycles. The van der Waals surface area contributed by atoms with Crippen LogP contribution in [0.3, 0.4) is 0 Å². The molecule has 0 spiro atoms. The highest BCUT2D eigenvalue weighted by atomic mass is 35.5. The van der Waals surface area contributed by atoms with Crippen molar-refractivity contribution < 1.29 is 8.42 Å². The summed E-state index contributed by atoms with van der Waals surface area (Å²) >= 11 is 18.5. The summed E-state index contributed by atoms with van der Waals surface area (Å²) in [6.45, 7) is 3.54. The first-order valence-electron chi connectivity index (χ1n) is 9.67. The smallest absolute Gasteiger partial charge is 0.237 e. The third-order valence-corrected chi connectivity index (χ3v) is 7.05. The van der Waals surface area contributed by atoms with E-state index in [9.17, 15) is 8.42 Å². The molecular weight excluding hydrogens is 493 g/mol. The van der Waals surface area contributed by atoms with Crippen LogP contribution in [-0.4, -0.2) is 29.2 Å². The van der Waals surface area contributed by atoms with Crippen molar-refractivity contribution in [1.29, 1.82) is 0 Å². The number of benzene rings is 2. The normalized spacial score (nSPS) is 13.2. The number of halogens is 3. The van der Waals surface area contributed by atoms with Crippen LogP contribution in [0.15, 0.2) is 66.2 Å². The lowest BCUT2D eigenvalue weighted by Crippen LogP contribution is -2.40. The molecule has 32 heavy (non-hydrogen) atoms. The predicted molar refractivity (Wildman–Crippen MR) is 131 cm³/mol. The molecule has 7 nitrogen and oxygen atoms in total. The second kappa shape index (κ2) is 10.6. The number of sulfonamides is 1. The lowest BCUT2D eigenvalue weighted by Gasteiger charge is -2.20. The van der Waals surface area contributed by atoms with Crippen LogP contribution < -0.4 is 10.0 Å². The van der Waals surface area contributed by atoms with Gasteiger partial charge >= 0.3 is 0 Å². The van der Waals surface area contributed by atoms with Gasteiger partial charge in [-0.3, -0.25) is 4.72 Å². The van der Waals surface area contributed by atoms with Gasteiger partial charge in [-0.1, -0.05) is 40.9 Å². The Morgan fingerprint density at radius 2 is 1.78 bits per heavy atom. The summed E-state index contributed by atoms with van der Waals surface area (Å²) in [6, 6.07) is 11.4. The highest BCUT2D eigenvalue weighted by Gasteiger charge is 2.21. The third-order valence-electron chi connectivity index (χ3n) is 4.52. The van der Waals surface area contributed by atoms with Gasteiger partial charge < -0.3 is 9.88 Å². The highest BCUT2D eigenvalue weighted by molar-refractivity contribution is 7.90. The Morgan fingerprint density at radius 3 is 2.38 bits per heavy atom. The van der Waals surface area contributed by atoms with E-state index in [1.54, 1.807) is 75.0 Å². The van der Waals surface area contributed by atoms with E-state index in [1.165, 1.54) is 0 Å². The lowest BCUT2D eigenvalue weighted by atomic mass is 10.1. The molecule has 1 heterocycles. The molecule has 0 fully saturated rings. The van der Waals surface area contributed by atoms with Gasteiger partial charge in [-0.15, -0.1) is 0 Å². The van der Waals surface area contributed by atoms with Crippen molar-refractivity contribution in [1.82, 2.24) is 14.3 Å². The molecule has 1 unspecified atom stereocenters. The quantitative estimate of drug-likeness (QED) is 0.327. The van der Waals surface area contributed by atoms with E-state index >= 15 is 0 Å². The van der Waals surface area contributed by atoms with E-state index < -0.39 is 21.3 Å².